The molecule has 3 heterocycles. The number of aromatic nitrogens is 3. The molecule has 0 saturated heterocycles. The van der Waals surface area contributed by atoms with Gasteiger partial charge in [-0.1, -0.05) is 42.8 Å². The average Bonchev–Trinajstić information content (AvgIpc) is 3.41. The second-order valence-corrected chi connectivity index (χ2v) is 10.4. The van der Waals surface area contributed by atoms with Crippen molar-refractivity contribution < 1.29 is 24.7 Å². The summed E-state index contributed by atoms with van der Waals surface area (Å²) in [6, 6.07) is 38.5. The Kier molecular flexibility index (Phi) is 7.51. The van der Waals surface area contributed by atoms with E-state index >= 15 is 0 Å². The van der Waals surface area contributed by atoms with E-state index in [1.165, 1.54) is 59.9 Å². The SMILES string of the molecule is CN1c2cc3ccccc3[c-]c2-[n+]2[c-]n(C3CCCCC3)c3cccc1c32.[Ir+3].[c-]1ccccc1-c1ccccn1. The van der Waals surface area contributed by atoms with E-state index in [1.54, 1.807) is 6.20 Å². The second-order valence-electron chi connectivity index (χ2n) is 10.4. The van der Waals surface area contributed by atoms with Crippen LogP contribution in [0.5, 0.6) is 0 Å². The van der Waals surface area contributed by atoms with Crippen molar-refractivity contribution >= 4 is 33.2 Å². The molecule has 5 heteroatoms. The minimum absolute atomic E-state index is 0. The molecule has 0 amide bonds. The molecule has 6 aromatic rings. The molecular weight excluding hydrogens is 669 g/mol. The largest absolute Gasteiger partial charge is 3.00 e. The van der Waals surface area contributed by atoms with Crippen LogP contribution in [0.15, 0.2) is 97.2 Å². The van der Waals surface area contributed by atoms with Crippen molar-refractivity contribution in [3.05, 3.63) is 116 Å². The van der Waals surface area contributed by atoms with Gasteiger partial charge in [0.1, 0.15) is 0 Å². The smallest absolute Gasteiger partial charge is 0.394 e. The van der Waals surface area contributed by atoms with Crippen LogP contribution in [0.2, 0.25) is 0 Å². The summed E-state index contributed by atoms with van der Waals surface area (Å²) in [5, 5.41) is 2.38. The van der Waals surface area contributed by atoms with E-state index in [2.05, 4.69) is 93.1 Å². The molecule has 1 fully saturated rings. The molecular formula is C35H30IrN4+. The number of benzene rings is 4. The third-order valence-electron chi connectivity index (χ3n) is 7.97. The Morgan fingerprint density at radius 1 is 0.850 bits per heavy atom. The van der Waals surface area contributed by atoms with Crippen LogP contribution >= 0.6 is 0 Å². The van der Waals surface area contributed by atoms with E-state index < -0.39 is 0 Å². The van der Waals surface area contributed by atoms with Crippen LogP contribution < -0.4 is 9.47 Å². The number of rotatable bonds is 2. The summed E-state index contributed by atoms with van der Waals surface area (Å²) >= 11 is 0. The second kappa shape index (κ2) is 11.4. The number of para-hydroxylation sites is 1. The zero-order valence-corrected chi connectivity index (χ0v) is 24.9. The molecule has 1 aliphatic heterocycles. The predicted octanol–water partition coefficient (Wildman–Crippen LogP) is 7.80. The van der Waals surface area contributed by atoms with Crippen LogP contribution in [0.3, 0.4) is 0 Å². The average molecular weight is 699 g/mol. The number of fused-ring (bicyclic) bond motifs is 3. The number of hydrogen-bond acceptors (Lipinski definition) is 2. The third-order valence-corrected chi connectivity index (χ3v) is 7.97. The van der Waals surface area contributed by atoms with Gasteiger partial charge in [-0.15, -0.1) is 70.9 Å². The number of imidazole rings is 1. The quantitative estimate of drug-likeness (QED) is 0.136. The maximum atomic E-state index is 4.22. The molecule has 1 aliphatic carbocycles. The van der Waals surface area contributed by atoms with E-state index in [-0.39, 0.29) is 20.1 Å². The van der Waals surface area contributed by atoms with Gasteiger partial charge in [0.2, 0.25) is 6.33 Å². The minimum atomic E-state index is 0. The molecule has 4 nitrogen and oxygen atoms in total. The number of nitrogens with zero attached hydrogens (tertiary/aromatic N) is 4. The first kappa shape index (κ1) is 26.4. The van der Waals surface area contributed by atoms with Gasteiger partial charge < -0.3 is 19.0 Å². The summed E-state index contributed by atoms with van der Waals surface area (Å²) in [4.78, 5) is 6.52. The van der Waals surface area contributed by atoms with Crippen molar-refractivity contribution in [1.82, 2.24) is 9.55 Å². The van der Waals surface area contributed by atoms with Crippen LogP contribution in [0, 0.1) is 18.5 Å². The zero-order chi connectivity index (χ0) is 26.2. The van der Waals surface area contributed by atoms with Gasteiger partial charge in [-0.3, -0.25) is 0 Å². The Bertz CT molecular complexity index is 1720. The Labute approximate surface area is 249 Å². The summed E-state index contributed by atoms with van der Waals surface area (Å²) < 4.78 is 4.66. The van der Waals surface area contributed by atoms with Crippen LogP contribution in [0.1, 0.15) is 38.1 Å². The van der Waals surface area contributed by atoms with Crippen molar-refractivity contribution in [2.75, 3.05) is 11.9 Å². The molecule has 40 heavy (non-hydrogen) atoms. The molecule has 198 valence electrons. The fraction of sp³-hybridized carbons (Fsp3) is 0.200. The van der Waals surface area contributed by atoms with Gasteiger partial charge in [-0.05, 0) is 54.9 Å². The maximum Gasteiger partial charge on any atom is 3.00 e. The Morgan fingerprint density at radius 3 is 2.48 bits per heavy atom. The summed E-state index contributed by atoms with van der Waals surface area (Å²) in [6.45, 7) is 0. The maximum absolute atomic E-state index is 4.22. The van der Waals surface area contributed by atoms with Gasteiger partial charge in [-0.2, -0.15) is 0 Å². The Balaban J connectivity index is 0.000000188. The molecule has 0 unspecified atom stereocenters. The van der Waals surface area contributed by atoms with Gasteiger partial charge in [0.25, 0.3) is 0 Å². The Hall–Kier alpha value is -3.79. The van der Waals surface area contributed by atoms with Gasteiger partial charge in [-0.25, -0.2) is 0 Å². The summed E-state index contributed by atoms with van der Waals surface area (Å²) in [6.07, 6.45) is 12.0. The van der Waals surface area contributed by atoms with E-state index in [1.807, 2.05) is 42.5 Å². The van der Waals surface area contributed by atoms with Gasteiger partial charge in [0, 0.05) is 18.9 Å². The molecule has 2 aliphatic rings. The van der Waals surface area contributed by atoms with Crippen molar-refractivity contribution in [1.29, 1.82) is 0 Å². The molecule has 0 radical (unpaired) electrons. The van der Waals surface area contributed by atoms with Crippen LogP contribution in [0.4, 0.5) is 11.4 Å². The van der Waals surface area contributed by atoms with E-state index in [4.69, 9.17) is 0 Å². The van der Waals surface area contributed by atoms with Crippen LogP contribution in [-0.2, 0) is 20.1 Å². The van der Waals surface area contributed by atoms with E-state index in [0.29, 0.717) is 6.04 Å². The van der Waals surface area contributed by atoms with E-state index in [0.717, 1.165) is 22.3 Å². The van der Waals surface area contributed by atoms with Crippen molar-refractivity contribution in [2.45, 2.75) is 38.1 Å². The molecule has 2 aromatic heterocycles. The normalized spacial score (nSPS) is 14.3. The molecule has 0 spiro atoms. The summed E-state index contributed by atoms with van der Waals surface area (Å²) in [5.74, 6) is 0. The van der Waals surface area contributed by atoms with E-state index in [9.17, 15) is 0 Å². The van der Waals surface area contributed by atoms with Crippen LogP contribution in [-0.4, -0.2) is 16.6 Å². The van der Waals surface area contributed by atoms with Crippen molar-refractivity contribution in [3.63, 3.8) is 0 Å². The molecule has 0 N–H and O–H groups in total. The van der Waals surface area contributed by atoms with Crippen molar-refractivity contribution in [2.24, 2.45) is 0 Å². The molecule has 8 rings (SSSR count). The zero-order valence-electron chi connectivity index (χ0n) is 22.5. The standard InChI is InChI=1S/C24H22N3.C11H8N.Ir/c1-25-20-12-7-13-21-24(20)27(16-26(21)19-10-3-2-4-11-19)23-15-18-9-6-5-8-17(18)14-22(23)25;1-2-6-10(7-3-1)11-8-4-5-9-12-11;/h5-9,12-14,19H,2-4,10-11H2,1H3;1-6,8-9H;/q2*-1;+3. The topological polar surface area (TPSA) is 24.9 Å². The van der Waals surface area contributed by atoms with Gasteiger partial charge >= 0.3 is 20.1 Å². The number of anilines is 2. The molecule has 0 bridgehead atoms. The summed E-state index contributed by atoms with van der Waals surface area (Å²) in [7, 11) is 2.16. The molecule has 4 aromatic carbocycles. The predicted molar refractivity (Wildman–Crippen MR) is 157 cm³/mol. The fourth-order valence-electron chi connectivity index (χ4n) is 5.98. The first-order valence-electron chi connectivity index (χ1n) is 13.8. The first-order chi connectivity index (χ1) is 19.3. The minimum Gasteiger partial charge on any atom is -0.394 e. The third kappa shape index (κ3) is 4.74. The fourth-order valence-corrected chi connectivity index (χ4v) is 5.98. The Morgan fingerprint density at radius 2 is 1.68 bits per heavy atom. The molecule has 0 atom stereocenters. The van der Waals surface area contributed by atoms with Crippen LogP contribution in [0.25, 0.3) is 38.8 Å². The van der Waals surface area contributed by atoms with Gasteiger partial charge in [0.15, 0.2) is 0 Å². The monoisotopic (exact) mass is 699 g/mol. The number of pyridine rings is 1. The van der Waals surface area contributed by atoms with Gasteiger partial charge in [0.05, 0.1) is 17.1 Å². The van der Waals surface area contributed by atoms with Crippen molar-refractivity contribution in [3.8, 4) is 16.9 Å². The first-order valence-corrected chi connectivity index (χ1v) is 13.8. The molecule has 1 saturated carbocycles. The number of hydrogen-bond donors (Lipinski definition) is 0. The summed E-state index contributed by atoms with van der Waals surface area (Å²) in [5.41, 5.74) is 8.10.